The lowest BCUT2D eigenvalue weighted by molar-refractivity contribution is -0.123. The number of carbonyl (C=O) groups excluding carboxylic acids is 1. The number of benzene rings is 1. The molecule has 3 atom stereocenters. The molecule has 1 heterocycles. The maximum atomic E-state index is 12.4. The predicted molar refractivity (Wildman–Crippen MR) is 89.6 cm³/mol. The number of aryl methyl sites for hydroxylation is 1. The fraction of sp³-hybridized carbons (Fsp3) is 0.632. The minimum Gasteiger partial charge on any atom is -0.348 e. The Morgan fingerprint density at radius 2 is 1.95 bits per heavy atom. The Morgan fingerprint density at radius 3 is 2.73 bits per heavy atom. The van der Waals surface area contributed by atoms with Gasteiger partial charge in [-0.2, -0.15) is 0 Å². The normalized spacial score (nSPS) is 28.9. The molecule has 3 rings (SSSR count). The Morgan fingerprint density at radius 1 is 1.23 bits per heavy atom. The van der Waals surface area contributed by atoms with Crippen LogP contribution in [0.4, 0.5) is 0 Å². The number of carbonyl (C=O) groups is 1. The third kappa shape index (κ3) is 3.70. The molecular formula is C19H28N2O. The third-order valence-electron chi connectivity index (χ3n) is 5.02. The van der Waals surface area contributed by atoms with E-state index in [1.54, 1.807) is 0 Å². The van der Waals surface area contributed by atoms with Crippen LogP contribution in [-0.2, 0) is 11.2 Å². The van der Waals surface area contributed by atoms with Crippen molar-refractivity contribution in [2.45, 2.75) is 45.6 Å². The van der Waals surface area contributed by atoms with Crippen molar-refractivity contribution in [1.82, 2.24) is 10.2 Å². The summed E-state index contributed by atoms with van der Waals surface area (Å²) in [6.45, 7) is 7.24. The van der Waals surface area contributed by atoms with Crippen molar-refractivity contribution < 1.29 is 4.79 Å². The number of piperidine rings is 1. The fourth-order valence-electron chi connectivity index (χ4n) is 4.27. The van der Waals surface area contributed by atoms with E-state index < -0.39 is 0 Å². The van der Waals surface area contributed by atoms with Crippen LogP contribution in [0.15, 0.2) is 24.3 Å². The monoisotopic (exact) mass is 300 g/mol. The molecule has 0 bridgehead atoms. The van der Waals surface area contributed by atoms with Crippen LogP contribution < -0.4 is 5.32 Å². The van der Waals surface area contributed by atoms with Crippen LogP contribution in [0.25, 0.3) is 0 Å². The molecule has 1 N–H and O–H groups in total. The van der Waals surface area contributed by atoms with Crippen LogP contribution in [0, 0.1) is 11.8 Å². The van der Waals surface area contributed by atoms with E-state index >= 15 is 0 Å². The quantitative estimate of drug-likeness (QED) is 0.930. The smallest absolute Gasteiger partial charge is 0.234 e. The molecule has 0 unspecified atom stereocenters. The van der Waals surface area contributed by atoms with Crippen molar-refractivity contribution in [3.8, 4) is 0 Å². The molecule has 1 aromatic carbocycles. The minimum atomic E-state index is 0.183. The van der Waals surface area contributed by atoms with Gasteiger partial charge in [0, 0.05) is 13.1 Å². The number of likely N-dealkylation sites (tertiary alicyclic amines) is 1. The van der Waals surface area contributed by atoms with Gasteiger partial charge in [0.15, 0.2) is 0 Å². The molecule has 1 aliphatic heterocycles. The molecule has 2 aliphatic rings. The topological polar surface area (TPSA) is 32.3 Å². The zero-order valence-corrected chi connectivity index (χ0v) is 13.8. The van der Waals surface area contributed by atoms with Crippen molar-refractivity contribution >= 4 is 5.91 Å². The van der Waals surface area contributed by atoms with Gasteiger partial charge in [0.25, 0.3) is 0 Å². The first-order valence-electron chi connectivity index (χ1n) is 8.71. The van der Waals surface area contributed by atoms with E-state index in [1.165, 1.54) is 24.0 Å². The van der Waals surface area contributed by atoms with E-state index in [1.807, 2.05) is 0 Å². The Kier molecular flexibility index (Phi) is 4.82. The second-order valence-corrected chi connectivity index (χ2v) is 7.35. The molecule has 0 saturated carbocycles. The Labute approximate surface area is 134 Å². The summed E-state index contributed by atoms with van der Waals surface area (Å²) in [5.74, 6) is 1.59. The second-order valence-electron chi connectivity index (χ2n) is 7.35. The number of hydrogen-bond donors (Lipinski definition) is 1. The van der Waals surface area contributed by atoms with Crippen molar-refractivity contribution in [2.75, 3.05) is 19.6 Å². The molecule has 22 heavy (non-hydrogen) atoms. The summed E-state index contributed by atoms with van der Waals surface area (Å²) < 4.78 is 0. The summed E-state index contributed by atoms with van der Waals surface area (Å²) in [7, 11) is 0. The van der Waals surface area contributed by atoms with Crippen LogP contribution in [0.5, 0.6) is 0 Å². The van der Waals surface area contributed by atoms with Crippen molar-refractivity contribution in [3.63, 3.8) is 0 Å². The fourth-order valence-corrected chi connectivity index (χ4v) is 4.27. The van der Waals surface area contributed by atoms with Crippen LogP contribution >= 0.6 is 0 Å². The first-order chi connectivity index (χ1) is 10.6. The second kappa shape index (κ2) is 6.82. The van der Waals surface area contributed by atoms with Crippen molar-refractivity contribution in [1.29, 1.82) is 0 Å². The number of hydrogen-bond acceptors (Lipinski definition) is 2. The average Bonchev–Trinajstić information content (AvgIpc) is 2.46. The summed E-state index contributed by atoms with van der Waals surface area (Å²) in [4.78, 5) is 14.8. The van der Waals surface area contributed by atoms with Crippen LogP contribution in [0.3, 0.4) is 0 Å². The standard InChI is InChI=1S/C19H28N2O/c1-14-10-15(2)12-21(11-14)13-19(22)20-18-9-5-7-16-6-3-4-8-17(16)18/h3-4,6,8,14-15,18H,5,7,9-13H2,1-2H3,(H,20,22)/t14-,15-,18-/m1/s1. The number of nitrogens with one attached hydrogen (secondary N) is 1. The highest BCUT2D eigenvalue weighted by Crippen LogP contribution is 2.29. The molecule has 1 aromatic rings. The highest BCUT2D eigenvalue weighted by atomic mass is 16.2. The lowest BCUT2D eigenvalue weighted by Crippen LogP contribution is -2.45. The van der Waals surface area contributed by atoms with Gasteiger partial charge >= 0.3 is 0 Å². The van der Waals surface area contributed by atoms with Gasteiger partial charge in [0.2, 0.25) is 5.91 Å². The van der Waals surface area contributed by atoms with Gasteiger partial charge in [-0.15, -0.1) is 0 Å². The van der Waals surface area contributed by atoms with Gasteiger partial charge in [0.05, 0.1) is 12.6 Å². The van der Waals surface area contributed by atoms with Crippen LogP contribution in [-0.4, -0.2) is 30.4 Å². The maximum absolute atomic E-state index is 12.4. The third-order valence-corrected chi connectivity index (χ3v) is 5.02. The molecule has 0 aromatic heterocycles. The Hall–Kier alpha value is -1.35. The van der Waals surface area contributed by atoms with Crippen LogP contribution in [0.2, 0.25) is 0 Å². The van der Waals surface area contributed by atoms with Gasteiger partial charge in [0.1, 0.15) is 0 Å². The number of fused-ring (bicyclic) bond motifs is 1. The SMILES string of the molecule is C[C@@H]1C[C@@H](C)CN(CC(=O)N[C@@H]2CCCc3ccccc32)C1. The van der Waals surface area contributed by atoms with Crippen molar-refractivity contribution in [3.05, 3.63) is 35.4 Å². The summed E-state index contributed by atoms with van der Waals surface area (Å²) >= 11 is 0. The van der Waals surface area contributed by atoms with E-state index in [2.05, 4.69) is 48.3 Å². The number of nitrogens with zero attached hydrogens (tertiary/aromatic N) is 1. The lowest BCUT2D eigenvalue weighted by atomic mass is 9.87. The molecule has 1 fully saturated rings. The van der Waals surface area contributed by atoms with Gasteiger partial charge in [-0.1, -0.05) is 38.1 Å². The first kappa shape index (κ1) is 15.5. The largest absolute Gasteiger partial charge is 0.348 e. The van der Waals surface area contributed by atoms with E-state index in [9.17, 15) is 4.79 Å². The highest BCUT2D eigenvalue weighted by Gasteiger charge is 2.25. The molecule has 1 amide bonds. The minimum absolute atomic E-state index is 0.183. The molecule has 3 heteroatoms. The Bertz CT molecular complexity index is 518. The highest BCUT2D eigenvalue weighted by molar-refractivity contribution is 5.78. The summed E-state index contributed by atoms with van der Waals surface area (Å²) in [5, 5.41) is 3.27. The van der Waals surface area contributed by atoms with E-state index in [0.717, 1.165) is 25.9 Å². The average molecular weight is 300 g/mol. The zero-order chi connectivity index (χ0) is 15.5. The predicted octanol–water partition coefficient (Wildman–Crippen LogP) is 3.16. The maximum Gasteiger partial charge on any atom is 0.234 e. The first-order valence-corrected chi connectivity index (χ1v) is 8.71. The molecule has 1 aliphatic carbocycles. The van der Waals surface area contributed by atoms with Gasteiger partial charge in [-0.25, -0.2) is 0 Å². The molecule has 3 nitrogen and oxygen atoms in total. The van der Waals surface area contributed by atoms with Crippen molar-refractivity contribution in [2.24, 2.45) is 11.8 Å². The van der Waals surface area contributed by atoms with E-state index in [0.29, 0.717) is 18.4 Å². The molecular weight excluding hydrogens is 272 g/mol. The zero-order valence-electron chi connectivity index (χ0n) is 13.8. The summed E-state index contributed by atoms with van der Waals surface area (Å²) in [6, 6.07) is 8.75. The summed E-state index contributed by atoms with van der Waals surface area (Å²) in [6.07, 6.45) is 4.66. The molecule has 1 saturated heterocycles. The van der Waals surface area contributed by atoms with Gasteiger partial charge in [-0.3, -0.25) is 9.69 Å². The van der Waals surface area contributed by atoms with Crippen LogP contribution in [0.1, 0.15) is 50.3 Å². The molecule has 0 spiro atoms. The van der Waals surface area contributed by atoms with Gasteiger partial charge < -0.3 is 5.32 Å². The number of amides is 1. The lowest BCUT2D eigenvalue weighted by Gasteiger charge is -2.35. The van der Waals surface area contributed by atoms with E-state index in [4.69, 9.17) is 0 Å². The van der Waals surface area contributed by atoms with Gasteiger partial charge in [-0.05, 0) is 48.6 Å². The molecule has 120 valence electrons. The molecule has 0 radical (unpaired) electrons. The Balaban J connectivity index is 1.58. The summed E-state index contributed by atoms with van der Waals surface area (Å²) in [5.41, 5.74) is 2.72. The number of rotatable bonds is 3. The van der Waals surface area contributed by atoms with E-state index in [-0.39, 0.29) is 11.9 Å².